The molecule has 7 heteroatoms. The van der Waals surface area contributed by atoms with Gasteiger partial charge in [-0.2, -0.15) is 5.10 Å². The van der Waals surface area contributed by atoms with E-state index in [0.29, 0.717) is 6.54 Å². The summed E-state index contributed by atoms with van der Waals surface area (Å²) in [5, 5.41) is 9.66. The number of carbonyl (C=O) groups is 2. The number of aromatic nitrogens is 2. The fraction of sp³-hybridized carbons (Fsp3) is 0.438. The highest BCUT2D eigenvalue weighted by atomic mass is 16.3. The van der Waals surface area contributed by atoms with Crippen molar-refractivity contribution in [3.63, 3.8) is 0 Å². The zero-order valence-electron chi connectivity index (χ0n) is 13.4. The molecule has 7 nitrogen and oxygen atoms in total. The first-order chi connectivity index (χ1) is 11.1. The summed E-state index contributed by atoms with van der Waals surface area (Å²) in [5.41, 5.74) is 0. The van der Waals surface area contributed by atoms with Gasteiger partial charge in [0.2, 0.25) is 5.91 Å². The van der Waals surface area contributed by atoms with Crippen LogP contribution in [0.2, 0.25) is 0 Å². The van der Waals surface area contributed by atoms with Gasteiger partial charge in [-0.3, -0.25) is 14.3 Å². The molecular formula is C16H22N4O3. The first-order valence-electron chi connectivity index (χ1n) is 7.67. The molecular weight excluding hydrogens is 296 g/mol. The van der Waals surface area contributed by atoms with E-state index in [4.69, 9.17) is 4.42 Å². The van der Waals surface area contributed by atoms with Crippen molar-refractivity contribution in [2.24, 2.45) is 5.92 Å². The molecule has 0 bridgehead atoms. The van der Waals surface area contributed by atoms with Crippen LogP contribution in [0.25, 0.3) is 0 Å². The minimum Gasteiger partial charge on any atom is -0.459 e. The third-order valence-electron chi connectivity index (χ3n) is 3.40. The average Bonchev–Trinajstić information content (AvgIpc) is 3.21. The van der Waals surface area contributed by atoms with Gasteiger partial charge in [0.1, 0.15) is 6.04 Å². The van der Waals surface area contributed by atoms with Gasteiger partial charge >= 0.3 is 0 Å². The van der Waals surface area contributed by atoms with E-state index < -0.39 is 6.04 Å². The van der Waals surface area contributed by atoms with Crippen LogP contribution in [0.15, 0.2) is 41.3 Å². The number of hydrogen-bond donors (Lipinski definition) is 2. The van der Waals surface area contributed by atoms with Gasteiger partial charge in [0, 0.05) is 25.5 Å². The van der Waals surface area contributed by atoms with Crippen molar-refractivity contribution < 1.29 is 14.0 Å². The monoisotopic (exact) mass is 318 g/mol. The maximum Gasteiger partial charge on any atom is 0.287 e. The van der Waals surface area contributed by atoms with Gasteiger partial charge in [-0.15, -0.1) is 0 Å². The number of carbonyl (C=O) groups excluding carboxylic acids is 2. The molecule has 0 aliphatic heterocycles. The lowest BCUT2D eigenvalue weighted by atomic mass is 10.0. The Balaban J connectivity index is 1.79. The van der Waals surface area contributed by atoms with Crippen LogP contribution in [0, 0.1) is 5.92 Å². The second-order valence-corrected chi connectivity index (χ2v) is 5.59. The number of hydrogen-bond acceptors (Lipinski definition) is 4. The Morgan fingerprint density at radius 1 is 1.35 bits per heavy atom. The lowest BCUT2D eigenvalue weighted by Gasteiger charge is -2.21. The second kappa shape index (κ2) is 8.17. The predicted molar refractivity (Wildman–Crippen MR) is 84.7 cm³/mol. The topological polar surface area (TPSA) is 89.2 Å². The third kappa shape index (κ3) is 4.98. The summed E-state index contributed by atoms with van der Waals surface area (Å²) in [5.74, 6) is -0.414. The van der Waals surface area contributed by atoms with Crippen LogP contribution < -0.4 is 10.6 Å². The highest BCUT2D eigenvalue weighted by Gasteiger charge is 2.25. The molecule has 0 fully saturated rings. The maximum absolute atomic E-state index is 12.3. The molecule has 124 valence electrons. The Morgan fingerprint density at radius 3 is 2.78 bits per heavy atom. The van der Waals surface area contributed by atoms with Gasteiger partial charge < -0.3 is 15.1 Å². The molecule has 0 radical (unpaired) electrons. The molecule has 2 amide bonds. The minimum atomic E-state index is -0.600. The smallest absolute Gasteiger partial charge is 0.287 e. The number of furan rings is 1. The Hall–Kier alpha value is -2.57. The summed E-state index contributed by atoms with van der Waals surface area (Å²) >= 11 is 0. The molecule has 0 spiro atoms. The summed E-state index contributed by atoms with van der Waals surface area (Å²) < 4.78 is 6.85. The van der Waals surface area contributed by atoms with Gasteiger partial charge in [-0.1, -0.05) is 13.8 Å². The van der Waals surface area contributed by atoms with Crippen LogP contribution in [0.4, 0.5) is 0 Å². The van der Waals surface area contributed by atoms with Crippen molar-refractivity contribution in [3.8, 4) is 0 Å². The fourth-order valence-corrected chi connectivity index (χ4v) is 2.15. The number of rotatable bonds is 8. The lowest BCUT2D eigenvalue weighted by molar-refractivity contribution is -0.123. The number of nitrogens with zero attached hydrogens (tertiary/aromatic N) is 2. The van der Waals surface area contributed by atoms with E-state index in [-0.39, 0.29) is 23.5 Å². The molecule has 2 rings (SSSR count). The van der Waals surface area contributed by atoms with Crippen molar-refractivity contribution >= 4 is 11.8 Å². The molecule has 2 N–H and O–H groups in total. The summed E-state index contributed by atoms with van der Waals surface area (Å²) in [6.45, 7) is 5.03. The lowest BCUT2D eigenvalue weighted by Crippen LogP contribution is -2.49. The zero-order chi connectivity index (χ0) is 16.7. The average molecular weight is 318 g/mol. The van der Waals surface area contributed by atoms with E-state index in [1.807, 2.05) is 30.8 Å². The maximum atomic E-state index is 12.3. The molecule has 2 aromatic rings. The van der Waals surface area contributed by atoms with Crippen LogP contribution in [0.1, 0.15) is 30.8 Å². The van der Waals surface area contributed by atoms with Gasteiger partial charge in [0.15, 0.2) is 5.76 Å². The predicted octanol–water partition coefficient (Wildman–Crippen LogP) is 1.44. The number of amides is 2. The highest BCUT2D eigenvalue weighted by Crippen LogP contribution is 2.06. The fourth-order valence-electron chi connectivity index (χ4n) is 2.15. The first-order valence-corrected chi connectivity index (χ1v) is 7.67. The van der Waals surface area contributed by atoms with E-state index >= 15 is 0 Å². The molecule has 0 saturated heterocycles. The summed E-state index contributed by atoms with van der Waals surface area (Å²) in [4.78, 5) is 24.3. The molecule has 2 heterocycles. The molecule has 0 aliphatic rings. The molecule has 0 aliphatic carbocycles. The van der Waals surface area contributed by atoms with Crippen molar-refractivity contribution in [1.82, 2.24) is 20.4 Å². The van der Waals surface area contributed by atoms with Gasteiger partial charge in [-0.25, -0.2) is 0 Å². The minimum absolute atomic E-state index is 0.0278. The number of nitrogens with one attached hydrogen (secondary N) is 2. The molecule has 1 atom stereocenters. The van der Waals surface area contributed by atoms with E-state index in [1.165, 1.54) is 6.26 Å². The Kier molecular flexibility index (Phi) is 5.96. The van der Waals surface area contributed by atoms with Gasteiger partial charge in [0.05, 0.1) is 6.26 Å². The largest absolute Gasteiger partial charge is 0.459 e. The van der Waals surface area contributed by atoms with Crippen molar-refractivity contribution in [2.45, 2.75) is 32.9 Å². The molecule has 2 aromatic heterocycles. The SMILES string of the molecule is CC(C)[C@@H](NC(=O)c1ccco1)C(=O)NCCCn1cccn1. The van der Waals surface area contributed by atoms with Crippen LogP contribution in [0.3, 0.4) is 0 Å². The molecule has 23 heavy (non-hydrogen) atoms. The van der Waals surface area contributed by atoms with Crippen LogP contribution in [-0.4, -0.2) is 34.2 Å². The Bertz CT molecular complexity index is 605. The van der Waals surface area contributed by atoms with E-state index in [2.05, 4.69) is 15.7 Å². The summed E-state index contributed by atoms with van der Waals surface area (Å²) in [7, 11) is 0. The Labute approximate surface area is 135 Å². The van der Waals surface area contributed by atoms with E-state index in [9.17, 15) is 9.59 Å². The van der Waals surface area contributed by atoms with Crippen molar-refractivity contribution in [2.75, 3.05) is 6.54 Å². The zero-order valence-corrected chi connectivity index (χ0v) is 13.4. The van der Waals surface area contributed by atoms with Crippen LogP contribution in [0.5, 0.6) is 0 Å². The van der Waals surface area contributed by atoms with Gasteiger partial charge in [-0.05, 0) is 30.5 Å². The number of aryl methyl sites for hydroxylation is 1. The van der Waals surface area contributed by atoms with E-state index in [0.717, 1.165) is 13.0 Å². The van der Waals surface area contributed by atoms with Crippen LogP contribution in [-0.2, 0) is 11.3 Å². The standard InChI is InChI=1S/C16H22N4O3/c1-12(2)14(19-15(21)13-6-3-11-23-13)16(22)17-7-4-9-20-10-5-8-18-20/h3,5-6,8,10-12,14H,4,7,9H2,1-2H3,(H,17,22)(H,19,21)/t14-/m1/s1. The van der Waals surface area contributed by atoms with Gasteiger partial charge in [0.25, 0.3) is 5.91 Å². The normalized spacial score (nSPS) is 12.1. The summed E-state index contributed by atoms with van der Waals surface area (Å²) in [6, 6.07) is 4.46. The van der Waals surface area contributed by atoms with Crippen LogP contribution >= 0.6 is 0 Å². The van der Waals surface area contributed by atoms with Crippen molar-refractivity contribution in [1.29, 1.82) is 0 Å². The first kappa shape index (κ1) is 16.8. The van der Waals surface area contributed by atoms with Crippen molar-refractivity contribution in [3.05, 3.63) is 42.6 Å². The summed E-state index contributed by atoms with van der Waals surface area (Å²) in [6.07, 6.45) is 5.79. The quantitative estimate of drug-likeness (QED) is 0.721. The highest BCUT2D eigenvalue weighted by molar-refractivity contribution is 5.95. The Morgan fingerprint density at radius 2 is 2.17 bits per heavy atom. The van der Waals surface area contributed by atoms with E-state index in [1.54, 1.807) is 18.3 Å². The molecule has 0 aromatic carbocycles. The molecule has 0 saturated carbocycles. The second-order valence-electron chi connectivity index (χ2n) is 5.59. The molecule has 0 unspecified atom stereocenters. The third-order valence-corrected chi connectivity index (χ3v) is 3.40.